The lowest BCUT2D eigenvalue weighted by Crippen LogP contribution is -2.04. The van der Waals surface area contributed by atoms with E-state index in [2.05, 4.69) is 47.4 Å². The fourth-order valence-corrected chi connectivity index (χ4v) is 3.17. The Hall–Kier alpha value is -0.920. The summed E-state index contributed by atoms with van der Waals surface area (Å²) in [6, 6.07) is 0. The van der Waals surface area contributed by atoms with Gasteiger partial charge in [-0.2, -0.15) is 8.42 Å². The molecule has 0 atom stereocenters. The van der Waals surface area contributed by atoms with Gasteiger partial charge in [0.2, 0.25) is 0 Å². The minimum atomic E-state index is -4.25. The number of nitrogens with zero attached hydrogens (tertiary/aromatic N) is 1. The third-order valence-corrected chi connectivity index (χ3v) is 5.42. The van der Waals surface area contributed by atoms with Crippen LogP contribution in [0.5, 0.6) is 0 Å². The van der Waals surface area contributed by atoms with E-state index in [0.29, 0.717) is 6.42 Å². The minimum absolute atomic E-state index is 0.0833. The van der Waals surface area contributed by atoms with Crippen molar-refractivity contribution in [3.63, 3.8) is 0 Å². The molecule has 0 amide bonds. The molecule has 1 aliphatic heterocycles. The van der Waals surface area contributed by atoms with E-state index in [1.54, 1.807) is 6.34 Å². The highest BCUT2D eigenvalue weighted by Gasteiger charge is 2.02. The number of hydrogen-bond acceptors (Lipinski definition) is 5. The zero-order valence-electron chi connectivity index (χ0n) is 21.2. The second kappa shape index (κ2) is 28.1. The van der Waals surface area contributed by atoms with Gasteiger partial charge in [0.25, 0.3) is 0 Å². The van der Waals surface area contributed by atoms with Gasteiger partial charge < -0.3 is 5.32 Å². The SMILES string of the molecule is C1=NCCN1.CCCC.CCCCCCCC/C=C\CCCCCCCCOS(=O)(=O)O. The zero-order valence-corrected chi connectivity index (χ0v) is 22.0. The van der Waals surface area contributed by atoms with Crippen molar-refractivity contribution in [3.8, 4) is 0 Å². The minimum Gasteiger partial charge on any atom is -0.375 e. The first-order chi connectivity index (χ1) is 15.5. The van der Waals surface area contributed by atoms with Crippen LogP contribution >= 0.6 is 0 Å². The molecular formula is C25H52N2O4S. The van der Waals surface area contributed by atoms with E-state index in [4.69, 9.17) is 4.55 Å². The lowest BCUT2D eigenvalue weighted by Gasteiger charge is -2.01. The molecule has 192 valence electrons. The van der Waals surface area contributed by atoms with Gasteiger partial charge in [-0.3, -0.25) is 9.55 Å². The fraction of sp³-hybridized carbons (Fsp3) is 0.880. The summed E-state index contributed by atoms with van der Waals surface area (Å²) < 4.78 is 33.3. The number of unbranched alkanes of at least 4 members (excludes halogenated alkanes) is 13. The molecule has 0 aromatic carbocycles. The van der Waals surface area contributed by atoms with Gasteiger partial charge in [-0.15, -0.1) is 0 Å². The first kappa shape index (κ1) is 33.3. The topological polar surface area (TPSA) is 88.0 Å². The third kappa shape index (κ3) is 36.5. The van der Waals surface area contributed by atoms with Crippen LogP contribution in [0.3, 0.4) is 0 Å². The summed E-state index contributed by atoms with van der Waals surface area (Å²) in [6.45, 7) is 8.68. The lowest BCUT2D eigenvalue weighted by molar-refractivity contribution is 0.261. The van der Waals surface area contributed by atoms with Gasteiger partial charge in [0, 0.05) is 6.54 Å². The van der Waals surface area contributed by atoms with Crippen molar-refractivity contribution in [2.45, 2.75) is 124 Å². The average molecular weight is 477 g/mol. The quantitative estimate of drug-likeness (QED) is 0.123. The van der Waals surface area contributed by atoms with Crippen molar-refractivity contribution < 1.29 is 17.2 Å². The van der Waals surface area contributed by atoms with E-state index in [-0.39, 0.29) is 6.61 Å². The Morgan fingerprint density at radius 2 is 1.31 bits per heavy atom. The van der Waals surface area contributed by atoms with Gasteiger partial charge in [-0.05, 0) is 32.1 Å². The molecule has 1 rings (SSSR count). The maximum Gasteiger partial charge on any atom is 0.397 e. The second-order valence-electron chi connectivity index (χ2n) is 8.18. The molecule has 0 radical (unpaired) electrons. The molecule has 7 heteroatoms. The zero-order chi connectivity index (χ0) is 24.2. The van der Waals surface area contributed by atoms with E-state index in [0.717, 1.165) is 25.9 Å². The highest BCUT2D eigenvalue weighted by Crippen LogP contribution is 2.10. The number of aliphatic imine (C=N–C) groups is 1. The van der Waals surface area contributed by atoms with Gasteiger partial charge in [-0.25, -0.2) is 4.18 Å². The molecule has 1 heterocycles. The number of hydrogen-bond donors (Lipinski definition) is 2. The Balaban J connectivity index is 0. The van der Waals surface area contributed by atoms with Crippen LogP contribution in [-0.2, 0) is 14.6 Å². The summed E-state index contributed by atoms with van der Waals surface area (Å²) >= 11 is 0. The van der Waals surface area contributed by atoms with Crippen LogP contribution in [0.15, 0.2) is 17.1 Å². The van der Waals surface area contributed by atoms with Crippen LogP contribution in [0.25, 0.3) is 0 Å². The maximum atomic E-state index is 10.3. The summed E-state index contributed by atoms with van der Waals surface area (Å²) in [6.07, 6.45) is 25.9. The first-order valence-corrected chi connectivity index (χ1v) is 14.3. The number of rotatable bonds is 18. The lowest BCUT2D eigenvalue weighted by atomic mass is 10.1. The van der Waals surface area contributed by atoms with Crippen molar-refractivity contribution in [1.29, 1.82) is 0 Å². The average Bonchev–Trinajstić information content (AvgIpc) is 3.35. The predicted octanol–water partition coefficient (Wildman–Crippen LogP) is 7.27. The van der Waals surface area contributed by atoms with Gasteiger partial charge in [0.05, 0.1) is 19.5 Å². The van der Waals surface area contributed by atoms with Crippen LogP contribution in [0.4, 0.5) is 0 Å². The van der Waals surface area contributed by atoms with Crippen LogP contribution in [-0.4, -0.2) is 39.0 Å². The van der Waals surface area contributed by atoms with Gasteiger partial charge in [-0.1, -0.05) is 104 Å². The Kier molecular flexibility index (Phi) is 29.2. The van der Waals surface area contributed by atoms with E-state index >= 15 is 0 Å². The van der Waals surface area contributed by atoms with Crippen molar-refractivity contribution in [1.82, 2.24) is 5.32 Å². The monoisotopic (exact) mass is 476 g/mol. The van der Waals surface area contributed by atoms with Gasteiger partial charge >= 0.3 is 10.4 Å². The summed E-state index contributed by atoms with van der Waals surface area (Å²) in [7, 11) is -4.25. The van der Waals surface area contributed by atoms with E-state index in [1.807, 2.05) is 0 Å². The molecule has 0 saturated heterocycles. The molecule has 0 bridgehead atoms. The van der Waals surface area contributed by atoms with Crippen molar-refractivity contribution in [2.75, 3.05) is 19.7 Å². The summed E-state index contributed by atoms with van der Waals surface area (Å²) in [5.41, 5.74) is 0. The fourth-order valence-electron chi connectivity index (χ4n) is 2.84. The number of nitrogens with one attached hydrogen (secondary N) is 1. The summed E-state index contributed by atoms with van der Waals surface area (Å²) in [5.74, 6) is 0. The van der Waals surface area contributed by atoms with E-state index < -0.39 is 10.4 Å². The molecule has 6 nitrogen and oxygen atoms in total. The van der Waals surface area contributed by atoms with Crippen LogP contribution in [0.1, 0.15) is 124 Å². The van der Waals surface area contributed by atoms with Crippen molar-refractivity contribution in [2.24, 2.45) is 4.99 Å². The molecule has 32 heavy (non-hydrogen) atoms. The summed E-state index contributed by atoms with van der Waals surface area (Å²) in [5, 5.41) is 2.93. The molecule has 0 aromatic heterocycles. The van der Waals surface area contributed by atoms with Crippen LogP contribution in [0, 0.1) is 0 Å². The predicted molar refractivity (Wildman–Crippen MR) is 139 cm³/mol. The molecule has 1 aliphatic rings. The Bertz CT molecular complexity index is 500. The second-order valence-corrected chi connectivity index (χ2v) is 9.27. The van der Waals surface area contributed by atoms with E-state index in [1.165, 1.54) is 83.5 Å². The molecular weight excluding hydrogens is 424 g/mol. The largest absolute Gasteiger partial charge is 0.397 e. The molecule has 0 aromatic rings. The Labute approximate surface area is 199 Å². The molecule has 2 N–H and O–H groups in total. The van der Waals surface area contributed by atoms with Crippen molar-refractivity contribution in [3.05, 3.63) is 12.2 Å². The summed E-state index contributed by atoms with van der Waals surface area (Å²) in [4.78, 5) is 3.85. The maximum absolute atomic E-state index is 10.3. The molecule has 0 aliphatic carbocycles. The van der Waals surface area contributed by atoms with E-state index in [9.17, 15) is 8.42 Å². The molecule has 0 spiro atoms. The van der Waals surface area contributed by atoms with Gasteiger partial charge in [0.1, 0.15) is 0 Å². The van der Waals surface area contributed by atoms with Crippen molar-refractivity contribution >= 4 is 16.7 Å². The normalized spacial score (nSPS) is 12.8. The third-order valence-electron chi connectivity index (χ3n) is 4.96. The smallest absolute Gasteiger partial charge is 0.375 e. The van der Waals surface area contributed by atoms with Crippen LogP contribution in [0.2, 0.25) is 0 Å². The molecule has 0 fully saturated rings. The Morgan fingerprint density at radius 1 is 0.812 bits per heavy atom. The number of allylic oxidation sites excluding steroid dienone is 2. The molecule has 0 saturated carbocycles. The molecule has 0 unspecified atom stereocenters. The van der Waals surface area contributed by atoms with Crippen LogP contribution < -0.4 is 5.32 Å². The highest BCUT2D eigenvalue weighted by atomic mass is 32.3. The first-order valence-electron chi connectivity index (χ1n) is 13.0. The Morgan fingerprint density at radius 3 is 1.69 bits per heavy atom. The highest BCUT2D eigenvalue weighted by molar-refractivity contribution is 7.80. The van der Waals surface area contributed by atoms with Gasteiger partial charge in [0.15, 0.2) is 0 Å². The standard InChI is InChI=1S/C18H36O4S.C4H10.C3H6N2/c1-2-3-4-5-6-7-8-9-10-11-12-13-14-15-16-17-18-22-23(19,20)21;1-3-4-2;1-2-5-3-4-1/h9-10H,2-8,11-18H2,1H3,(H,19,20,21);3-4H2,1-2H3;3H,1-2H2,(H,4,5)/b10-9-;;.